The third kappa shape index (κ3) is 935. The van der Waals surface area contributed by atoms with Crippen molar-refractivity contribution in [2.75, 3.05) is 0 Å². The van der Waals surface area contributed by atoms with E-state index in [0.717, 1.165) is 5.34 Å². The van der Waals surface area contributed by atoms with Crippen molar-refractivity contribution in [3.8, 4) is 0 Å². The molecule has 44 valence electrons. The van der Waals surface area contributed by atoms with Gasteiger partial charge in [0.1, 0.15) is 0 Å². The van der Waals surface area contributed by atoms with Crippen LogP contribution in [0.2, 0.25) is 0 Å². The quantitative estimate of drug-likeness (QED) is 0.202. The summed E-state index contributed by atoms with van der Waals surface area (Å²) in [7, 11) is -3.37. The van der Waals surface area contributed by atoms with Crippen LogP contribution in [0, 0.1) is 10.1 Å². The van der Waals surface area contributed by atoms with Gasteiger partial charge >= 0.3 is 0 Å². The van der Waals surface area contributed by atoms with E-state index in [2.05, 4.69) is 0 Å². The van der Waals surface area contributed by atoms with Gasteiger partial charge in [0.2, 0.25) is 0 Å². The minimum absolute atomic E-state index is 1.00. The number of nitrogens with zero attached hydrogens (tertiary/aromatic N) is 1. The van der Waals surface area contributed by atoms with E-state index < -0.39 is 8.60 Å². The molecule has 0 rings (SSSR count). The molecule has 6 nitrogen and oxygen atoms in total. The van der Waals surface area contributed by atoms with Gasteiger partial charge in [-0.1, -0.05) is 0 Å². The monoisotopic (exact) mass is 125 g/mol. The summed E-state index contributed by atoms with van der Waals surface area (Å²) >= 11 is 0. The van der Waals surface area contributed by atoms with Crippen LogP contribution in [0.4, 0.5) is 0 Å². The van der Waals surface area contributed by atoms with Crippen molar-refractivity contribution in [1.29, 1.82) is 0 Å². The van der Waals surface area contributed by atoms with E-state index in [1.807, 2.05) is 0 Å². The lowest BCUT2D eigenvalue weighted by Gasteiger charge is -2.39. The second kappa shape index (κ2) is 9.20. The summed E-state index contributed by atoms with van der Waals surface area (Å²) in [6, 6.07) is 0. The standard InChI is InChI=1S/HNO2.O3P/c2-1-3;1-4(2)3/h(H,2,3);/q;-3/p-1. The summed E-state index contributed by atoms with van der Waals surface area (Å²) in [5.74, 6) is 0. The van der Waals surface area contributed by atoms with Gasteiger partial charge in [-0.3, -0.25) is 0 Å². The molecule has 0 bridgehead atoms. The summed E-state index contributed by atoms with van der Waals surface area (Å²) < 4.78 is 0. The maximum absolute atomic E-state index is 8.48. The van der Waals surface area contributed by atoms with Crippen LogP contribution in [0.5, 0.6) is 0 Å². The first kappa shape index (κ1) is 9.86. The van der Waals surface area contributed by atoms with E-state index in [1.54, 1.807) is 0 Å². The van der Waals surface area contributed by atoms with Gasteiger partial charge in [0.25, 0.3) is 0 Å². The highest BCUT2D eigenvalue weighted by atomic mass is 31.2. The van der Waals surface area contributed by atoms with E-state index in [4.69, 9.17) is 24.8 Å². The van der Waals surface area contributed by atoms with Gasteiger partial charge < -0.3 is 33.4 Å². The van der Waals surface area contributed by atoms with Crippen LogP contribution in [0.15, 0.2) is 5.34 Å². The maximum Gasteiger partial charge on any atom is -0.112 e. The van der Waals surface area contributed by atoms with Crippen LogP contribution in [0.3, 0.4) is 0 Å². The van der Waals surface area contributed by atoms with Crippen LogP contribution < -0.4 is 14.7 Å². The Balaban J connectivity index is 0. The zero-order valence-corrected chi connectivity index (χ0v) is 3.83. The number of rotatable bonds is 0. The van der Waals surface area contributed by atoms with E-state index in [1.165, 1.54) is 0 Å². The highest BCUT2D eigenvalue weighted by molar-refractivity contribution is 7.33. The molecule has 0 aliphatic carbocycles. The van der Waals surface area contributed by atoms with E-state index in [9.17, 15) is 0 Å². The lowest BCUT2D eigenvalue weighted by atomic mass is 13.4. The molecule has 0 aromatic carbocycles. The van der Waals surface area contributed by atoms with Gasteiger partial charge in [-0.15, -0.1) is 5.34 Å². The Morgan fingerprint density at radius 1 is 1.29 bits per heavy atom. The molecule has 0 aliphatic rings. The molecular weight excluding hydrogens is 125 g/mol. The average Bonchev–Trinajstić information content (AvgIpc) is 1.33. The van der Waals surface area contributed by atoms with Gasteiger partial charge in [0.15, 0.2) is 0 Å². The first-order valence-corrected chi connectivity index (χ1v) is 2.01. The molecule has 0 aromatic heterocycles. The van der Waals surface area contributed by atoms with Crippen molar-refractivity contribution in [3.63, 3.8) is 0 Å². The molecule has 0 aromatic rings. The van der Waals surface area contributed by atoms with Crippen LogP contribution in [0.25, 0.3) is 0 Å². The Morgan fingerprint density at radius 2 is 1.29 bits per heavy atom. The largest absolute Gasteiger partial charge is 0.854 e. The summed E-state index contributed by atoms with van der Waals surface area (Å²) in [5, 5.41) is 9.00. The highest BCUT2D eigenvalue weighted by Crippen LogP contribution is 1.85. The minimum atomic E-state index is -3.37. The fourth-order valence-corrected chi connectivity index (χ4v) is 0. The van der Waals surface area contributed by atoms with Crippen LogP contribution >= 0.6 is 8.60 Å². The first-order chi connectivity index (χ1) is 3.15. The second-order valence-corrected chi connectivity index (χ2v) is 0.745. The molecule has 0 saturated heterocycles. The normalized spacial score (nSPS) is 6.86. The molecule has 0 radical (unpaired) electrons. The Hall–Kier alpha value is -0.290. The van der Waals surface area contributed by atoms with Gasteiger partial charge in [0.05, 0.1) is 0 Å². The van der Waals surface area contributed by atoms with Crippen molar-refractivity contribution in [1.82, 2.24) is 0 Å². The highest BCUT2D eigenvalue weighted by Gasteiger charge is 1.10. The molecule has 0 spiro atoms. The lowest BCUT2D eigenvalue weighted by Crippen LogP contribution is -2.18. The molecule has 7 heteroatoms. The predicted octanol–water partition coefficient (Wildman–Crippen LogP) is -2.46. The van der Waals surface area contributed by atoms with E-state index in [0.29, 0.717) is 0 Å². The zero-order valence-electron chi connectivity index (χ0n) is 2.94. The second-order valence-electron chi connectivity index (χ2n) is 0.298. The average molecular weight is 125 g/mol. The summed E-state index contributed by atoms with van der Waals surface area (Å²) in [4.78, 5) is 33.4. The van der Waals surface area contributed by atoms with E-state index in [-0.39, 0.29) is 0 Å². The predicted molar refractivity (Wildman–Crippen MR) is 16.1 cm³/mol. The van der Waals surface area contributed by atoms with Gasteiger partial charge in [-0.25, -0.2) is 0 Å². The van der Waals surface area contributed by atoms with E-state index >= 15 is 0 Å². The molecule has 0 aliphatic heterocycles. The Morgan fingerprint density at radius 3 is 1.29 bits per heavy atom. The third-order valence-corrected chi connectivity index (χ3v) is 0. The Bertz CT molecular complexity index is 32.3. The van der Waals surface area contributed by atoms with Crippen LogP contribution in [-0.4, -0.2) is 0 Å². The zero-order chi connectivity index (χ0) is 6.28. The Labute approximate surface area is 40.0 Å². The van der Waals surface area contributed by atoms with Gasteiger partial charge in [-0.05, 0) is 0 Å². The number of hydrogen-bond donors (Lipinski definition) is 0. The molecule has 0 unspecified atom stereocenters. The van der Waals surface area contributed by atoms with Crippen molar-refractivity contribution in [2.45, 2.75) is 0 Å². The number of hydrogen-bond acceptors (Lipinski definition) is 6. The Kier molecular flexibility index (Phi) is 13.0. The van der Waals surface area contributed by atoms with Crippen molar-refractivity contribution in [2.24, 2.45) is 5.34 Å². The third-order valence-electron chi connectivity index (χ3n) is 0. The summed E-state index contributed by atoms with van der Waals surface area (Å²) in [6.45, 7) is 0. The molecule has 0 atom stereocenters. The fourth-order valence-electron chi connectivity index (χ4n) is 0. The van der Waals surface area contributed by atoms with Crippen molar-refractivity contribution in [3.05, 3.63) is 10.1 Å². The van der Waals surface area contributed by atoms with Crippen molar-refractivity contribution >= 4 is 8.60 Å². The fraction of sp³-hybridized carbons (Fsp3) is 0. The molecular formula is NO5P-4. The molecule has 7 heavy (non-hydrogen) atoms. The van der Waals surface area contributed by atoms with Crippen LogP contribution in [0.1, 0.15) is 0 Å². The molecule has 0 fully saturated rings. The minimum Gasteiger partial charge on any atom is -0.854 e. The van der Waals surface area contributed by atoms with Gasteiger partial charge in [-0.2, -0.15) is 0 Å². The smallest absolute Gasteiger partial charge is 0.112 e. The SMILES string of the molecule is O=N[O-].[O-]P([O-])[O-]. The molecule has 0 saturated carbocycles. The first-order valence-electron chi connectivity index (χ1n) is 0.913. The van der Waals surface area contributed by atoms with Crippen LogP contribution in [-0.2, 0) is 0 Å². The molecule has 0 amide bonds. The van der Waals surface area contributed by atoms with Gasteiger partial charge in [0, 0.05) is 0 Å². The lowest BCUT2D eigenvalue weighted by molar-refractivity contribution is -0.407. The summed E-state index contributed by atoms with van der Waals surface area (Å²) in [6.07, 6.45) is 0. The maximum atomic E-state index is 8.48. The molecule has 0 heterocycles. The topological polar surface area (TPSA) is 122 Å². The summed E-state index contributed by atoms with van der Waals surface area (Å²) in [5.41, 5.74) is 0. The van der Waals surface area contributed by atoms with Crippen molar-refractivity contribution < 1.29 is 14.7 Å². The molecule has 0 N–H and O–H groups in total.